The van der Waals surface area contributed by atoms with Crippen molar-refractivity contribution < 1.29 is 5.11 Å². The van der Waals surface area contributed by atoms with E-state index in [0.29, 0.717) is 6.04 Å². The van der Waals surface area contributed by atoms with E-state index in [1.807, 2.05) is 6.92 Å². The van der Waals surface area contributed by atoms with Gasteiger partial charge in [-0.25, -0.2) is 0 Å². The smallest absolute Gasteiger partial charge is 0.0631 e. The topological polar surface area (TPSA) is 38.0 Å². The summed E-state index contributed by atoms with van der Waals surface area (Å²) in [6.45, 7) is 1.92. The Kier molecular flexibility index (Phi) is 3.18. The van der Waals surface area contributed by atoms with Crippen molar-refractivity contribution in [1.29, 1.82) is 0 Å². The molecule has 1 aromatic rings. The van der Waals surface area contributed by atoms with E-state index in [-0.39, 0.29) is 11.5 Å². The summed E-state index contributed by atoms with van der Waals surface area (Å²) >= 11 is 0. The first-order valence-corrected chi connectivity index (χ1v) is 7.42. The Morgan fingerprint density at radius 1 is 1.39 bits per heavy atom. The molecule has 2 saturated carbocycles. The molecular weight excluding hydrogens is 224 g/mol. The number of aliphatic hydroxyl groups is 1. The van der Waals surface area contributed by atoms with E-state index in [1.165, 1.54) is 37.8 Å². The van der Waals surface area contributed by atoms with Gasteiger partial charge in [0.25, 0.3) is 0 Å². The van der Waals surface area contributed by atoms with Crippen LogP contribution in [0.15, 0.2) is 12.3 Å². The molecule has 3 rings (SSSR count). The van der Waals surface area contributed by atoms with Gasteiger partial charge < -0.3 is 5.11 Å². The van der Waals surface area contributed by atoms with Crippen LogP contribution < -0.4 is 0 Å². The largest absolute Gasteiger partial charge is 0.393 e. The zero-order valence-electron chi connectivity index (χ0n) is 11.3. The highest BCUT2D eigenvalue weighted by atomic mass is 16.3. The molecule has 0 amide bonds. The van der Waals surface area contributed by atoms with Gasteiger partial charge in [0, 0.05) is 11.6 Å². The molecule has 2 aliphatic carbocycles. The van der Waals surface area contributed by atoms with Gasteiger partial charge in [-0.15, -0.1) is 0 Å². The zero-order chi connectivity index (χ0) is 12.6. The van der Waals surface area contributed by atoms with E-state index in [9.17, 15) is 5.11 Å². The monoisotopic (exact) mass is 248 g/mol. The highest BCUT2D eigenvalue weighted by molar-refractivity contribution is 5.10. The van der Waals surface area contributed by atoms with Crippen LogP contribution >= 0.6 is 0 Å². The van der Waals surface area contributed by atoms with Crippen molar-refractivity contribution in [3.63, 3.8) is 0 Å². The fourth-order valence-corrected chi connectivity index (χ4v) is 3.28. The molecule has 0 bridgehead atoms. The fraction of sp³-hybridized carbons (Fsp3) is 0.800. The first-order chi connectivity index (χ1) is 8.70. The number of nitrogens with zero attached hydrogens (tertiary/aromatic N) is 2. The maximum Gasteiger partial charge on any atom is 0.0631 e. The second kappa shape index (κ2) is 4.69. The summed E-state index contributed by atoms with van der Waals surface area (Å²) in [5.41, 5.74) is 1.31. The lowest BCUT2D eigenvalue weighted by molar-refractivity contribution is 0.109. The number of aliphatic hydroxyl groups excluding tert-OH is 1. The Bertz CT molecular complexity index is 400. The summed E-state index contributed by atoms with van der Waals surface area (Å²) in [5, 5.41) is 14.6. The minimum Gasteiger partial charge on any atom is -0.393 e. The number of hydrogen-bond acceptors (Lipinski definition) is 2. The van der Waals surface area contributed by atoms with E-state index < -0.39 is 0 Å². The van der Waals surface area contributed by atoms with E-state index >= 15 is 0 Å². The summed E-state index contributed by atoms with van der Waals surface area (Å²) in [4.78, 5) is 0. The molecular formula is C15H24N2O. The molecule has 1 unspecified atom stereocenters. The first-order valence-electron chi connectivity index (χ1n) is 7.42. The summed E-state index contributed by atoms with van der Waals surface area (Å²) in [5.74, 6) is 0. The van der Waals surface area contributed by atoms with Gasteiger partial charge in [-0.2, -0.15) is 5.10 Å². The molecule has 2 aliphatic rings. The standard InChI is InChI=1S/C15H24N2O/c1-12(18)15(8-9-15)11-13-7-10-17(16-13)14-5-3-2-4-6-14/h7,10,12,14,18H,2-6,8-9,11H2,1H3. The zero-order valence-corrected chi connectivity index (χ0v) is 11.3. The Balaban J connectivity index is 1.66. The maximum atomic E-state index is 9.82. The maximum absolute atomic E-state index is 9.82. The number of aromatic nitrogens is 2. The Labute approximate surface area is 109 Å². The van der Waals surface area contributed by atoms with Crippen molar-refractivity contribution in [2.75, 3.05) is 0 Å². The molecule has 0 spiro atoms. The fourth-order valence-electron chi connectivity index (χ4n) is 3.28. The van der Waals surface area contributed by atoms with Crippen LogP contribution in [0.25, 0.3) is 0 Å². The van der Waals surface area contributed by atoms with Crippen LogP contribution in [0, 0.1) is 5.41 Å². The SMILES string of the molecule is CC(O)C1(Cc2ccn(C3CCCCC3)n2)CC1. The van der Waals surface area contributed by atoms with E-state index in [2.05, 4.69) is 16.9 Å². The van der Waals surface area contributed by atoms with Crippen LogP contribution in [0.4, 0.5) is 0 Å². The lowest BCUT2D eigenvalue weighted by atomic mass is 9.95. The number of rotatable bonds is 4. The van der Waals surface area contributed by atoms with Gasteiger partial charge in [-0.3, -0.25) is 4.68 Å². The average Bonchev–Trinajstić information content (AvgIpc) is 3.01. The van der Waals surface area contributed by atoms with Crippen LogP contribution in [0.2, 0.25) is 0 Å². The van der Waals surface area contributed by atoms with Crippen LogP contribution in [-0.4, -0.2) is 21.0 Å². The van der Waals surface area contributed by atoms with Crippen molar-refractivity contribution >= 4 is 0 Å². The molecule has 0 aliphatic heterocycles. The molecule has 0 aromatic carbocycles. The van der Waals surface area contributed by atoms with E-state index in [4.69, 9.17) is 5.10 Å². The second-order valence-corrected chi connectivity index (χ2v) is 6.29. The quantitative estimate of drug-likeness (QED) is 0.889. The lowest BCUT2D eigenvalue weighted by Crippen LogP contribution is -2.21. The number of hydrogen-bond donors (Lipinski definition) is 1. The van der Waals surface area contributed by atoms with Crippen LogP contribution in [0.5, 0.6) is 0 Å². The third kappa shape index (κ3) is 2.33. The van der Waals surface area contributed by atoms with Gasteiger partial charge in [-0.05, 0) is 45.1 Å². The predicted molar refractivity (Wildman–Crippen MR) is 71.4 cm³/mol. The molecule has 100 valence electrons. The van der Waals surface area contributed by atoms with Gasteiger partial charge in [0.1, 0.15) is 0 Å². The van der Waals surface area contributed by atoms with Crippen LogP contribution in [0.3, 0.4) is 0 Å². The second-order valence-electron chi connectivity index (χ2n) is 6.29. The summed E-state index contributed by atoms with van der Waals surface area (Å²) in [7, 11) is 0. The summed E-state index contributed by atoms with van der Waals surface area (Å²) in [6.07, 6.45) is 11.8. The Hall–Kier alpha value is -0.830. The molecule has 1 heterocycles. The average molecular weight is 248 g/mol. The molecule has 1 N–H and O–H groups in total. The van der Waals surface area contributed by atoms with Crippen molar-refractivity contribution in [1.82, 2.24) is 9.78 Å². The summed E-state index contributed by atoms with van der Waals surface area (Å²) < 4.78 is 2.17. The van der Waals surface area contributed by atoms with Crippen molar-refractivity contribution in [3.8, 4) is 0 Å². The normalized spacial score (nSPS) is 25.0. The van der Waals surface area contributed by atoms with Crippen molar-refractivity contribution in [3.05, 3.63) is 18.0 Å². The van der Waals surface area contributed by atoms with Gasteiger partial charge in [-0.1, -0.05) is 19.3 Å². The Morgan fingerprint density at radius 3 is 2.72 bits per heavy atom. The van der Waals surface area contributed by atoms with Gasteiger partial charge in [0.2, 0.25) is 0 Å². The minimum absolute atomic E-state index is 0.145. The molecule has 3 nitrogen and oxygen atoms in total. The molecule has 3 heteroatoms. The molecule has 2 fully saturated rings. The predicted octanol–water partition coefficient (Wildman–Crippen LogP) is 3.09. The minimum atomic E-state index is -0.197. The highest BCUT2D eigenvalue weighted by Crippen LogP contribution is 2.51. The van der Waals surface area contributed by atoms with E-state index in [1.54, 1.807) is 0 Å². The van der Waals surface area contributed by atoms with Crippen LogP contribution in [0.1, 0.15) is 63.6 Å². The Morgan fingerprint density at radius 2 is 2.11 bits per heavy atom. The summed E-state index contributed by atoms with van der Waals surface area (Å²) in [6, 6.07) is 2.77. The molecule has 0 radical (unpaired) electrons. The lowest BCUT2D eigenvalue weighted by Gasteiger charge is -2.22. The van der Waals surface area contributed by atoms with Gasteiger partial charge in [0.05, 0.1) is 17.8 Å². The molecule has 0 saturated heterocycles. The molecule has 18 heavy (non-hydrogen) atoms. The third-order valence-electron chi connectivity index (χ3n) is 4.92. The van der Waals surface area contributed by atoms with Crippen molar-refractivity contribution in [2.45, 2.75) is 70.4 Å². The first kappa shape index (κ1) is 12.2. The molecule has 1 aromatic heterocycles. The molecule has 1 atom stereocenters. The van der Waals surface area contributed by atoms with Gasteiger partial charge in [0.15, 0.2) is 0 Å². The van der Waals surface area contributed by atoms with E-state index in [0.717, 1.165) is 19.3 Å². The van der Waals surface area contributed by atoms with Gasteiger partial charge >= 0.3 is 0 Å². The van der Waals surface area contributed by atoms with Crippen LogP contribution in [-0.2, 0) is 6.42 Å². The highest BCUT2D eigenvalue weighted by Gasteiger charge is 2.47. The van der Waals surface area contributed by atoms with Crippen molar-refractivity contribution in [2.24, 2.45) is 5.41 Å². The third-order valence-corrected chi connectivity index (χ3v) is 4.92.